The Bertz CT molecular complexity index is 714. The van der Waals surface area contributed by atoms with Crippen molar-refractivity contribution in [3.05, 3.63) is 12.0 Å². The maximum absolute atomic E-state index is 13.0. The predicted octanol–water partition coefficient (Wildman–Crippen LogP) is 1.10. The molecule has 2 rings (SSSR count). The molecule has 0 spiro atoms. The molecule has 2 heterocycles. The maximum Gasteiger partial charge on any atom is 0.393 e. The van der Waals surface area contributed by atoms with Gasteiger partial charge in [0.05, 0.1) is 11.8 Å². The van der Waals surface area contributed by atoms with E-state index in [9.17, 15) is 26.4 Å². The van der Waals surface area contributed by atoms with Crippen LogP contribution >= 0.6 is 0 Å². The van der Waals surface area contributed by atoms with Crippen LogP contribution in [0.1, 0.15) is 12.7 Å². The number of hydrogen-bond donors (Lipinski definition) is 1. The summed E-state index contributed by atoms with van der Waals surface area (Å²) in [6.45, 7) is 2.16. The molecule has 0 amide bonds. The van der Waals surface area contributed by atoms with Crippen molar-refractivity contribution in [2.45, 2.75) is 31.6 Å². The van der Waals surface area contributed by atoms with Gasteiger partial charge >= 0.3 is 12.1 Å². The van der Waals surface area contributed by atoms with Crippen LogP contribution in [0, 0.1) is 18.8 Å². The number of sulfonamides is 1. The first-order valence-corrected chi connectivity index (χ1v) is 8.26. The van der Waals surface area contributed by atoms with Crippen molar-refractivity contribution in [2.24, 2.45) is 11.8 Å². The Morgan fingerprint density at radius 2 is 2.04 bits per heavy atom. The third-order valence-corrected chi connectivity index (χ3v) is 5.63. The molecule has 130 valence electrons. The van der Waals surface area contributed by atoms with Crippen LogP contribution in [0.2, 0.25) is 0 Å². The molecule has 1 fully saturated rings. The van der Waals surface area contributed by atoms with Crippen LogP contribution in [0.5, 0.6) is 0 Å². The standard InChI is InChI=1S/C12H16F3N3O4S/c1-3-17-6-10(16-7(17)2)23(21,22)18-4-8(11(19)20)9(5-18)12(13,14)15/h6,8-9H,3-5H2,1-2H3,(H,19,20)/t8-,9-/m1/s1. The third-order valence-electron chi connectivity index (χ3n) is 3.92. The lowest BCUT2D eigenvalue weighted by atomic mass is 9.96. The van der Waals surface area contributed by atoms with Crippen LogP contribution in [0.4, 0.5) is 13.2 Å². The molecule has 11 heteroatoms. The largest absolute Gasteiger partial charge is 0.481 e. The van der Waals surface area contributed by atoms with Crippen molar-refractivity contribution in [3.8, 4) is 0 Å². The summed E-state index contributed by atoms with van der Waals surface area (Å²) in [5.41, 5.74) is 0. The molecule has 1 N–H and O–H groups in total. The highest BCUT2D eigenvalue weighted by Gasteiger charge is 2.55. The molecular formula is C12H16F3N3O4S. The average Bonchev–Trinajstić information content (AvgIpc) is 3.01. The minimum atomic E-state index is -4.79. The quantitative estimate of drug-likeness (QED) is 0.873. The van der Waals surface area contributed by atoms with Gasteiger partial charge < -0.3 is 9.67 Å². The Morgan fingerprint density at radius 1 is 1.43 bits per heavy atom. The zero-order chi connectivity index (χ0) is 17.6. The van der Waals surface area contributed by atoms with E-state index in [0.717, 1.165) is 0 Å². The summed E-state index contributed by atoms with van der Waals surface area (Å²) >= 11 is 0. The molecule has 0 saturated carbocycles. The van der Waals surface area contributed by atoms with Crippen LogP contribution in [0.15, 0.2) is 11.2 Å². The van der Waals surface area contributed by atoms with Gasteiger partial charge in [-0.2, -0.15) is 17.5 Å². The van der Waals surface area contributed by atoms with Crippen molar-refractivity contribution in [1.29, 1.82) is 0 Å². The van der Waals surface area contributed by atoms with E-state index in [4.69, 9.17) is 5.11 Å². The van der Waals surface area contributed by atoms with E-state index in [1.165, 1.54) is 6.20 Å². The first-order valence-electron chi connectivity index (χ1n) is 6.82. The summed E-state index contributed by atoms with van der Waals surface area (Å²) in [5.74, 6) is -5.31. The van der Waals surface area contributed by atoms with Gasteiger partial charge in [0.15, 0.2) is 5.03 Å². The molecule has 1 saturated heterocycles. The topological polar surface area (TPSA) is 92.5 Å². The fraction of sp³-hybridized carbons (Fsp3) is 0.667. The van der Waals surface area contributed by atoms with E-state index >= 15 is 0 Å². The highest BCUT2D eigenvalue weighted by molar-refractivity contribution is 7.89. The smallest absolute Gasteiger partial charge is 0.393 e. The van der Waals surface area contributed by atoms with E-state index in [2.05, 4.69) is 4.98 Å². The Morgan fingerprint density at radius 3 is 2.43 bits per heavy atom. The number of carboxylic acid groups (broad SMARTS) is 1. The second-order valence-corrected chi connectivity index (χ2v) is 7.21. The molecule has 0 aromatic carbocycles. The Labute approximate surface area is 130 Å². The average molecular weight is 355 g/mol. The Kier molecular flexibility index (Phi) is 4.46. The van der Waals surface area contributed by atoms with E-state index in [-0.39, 0.29) is 5.03 Å². The van der Waals surface area contributed by atoms with E-state index < -0.39 is 47.1 Å². The van der Waals surface area contributed by atoms with Crippen LogP contribution in [-0.2, 0) is 21.4 Å². The molecule has 1 aliphatic rings. The summed E-state index contributed by atoms with van der Waals surface area (Å²) < 4.78 is 65.8. The number of hydrogen-bond acceptors (Lipinski definition) is 4. The van der Waals surface area contributed by atoms with Crippen LogP contribution in [0.3, 0.4) is 0 Å². The zero-order valence-electron chi connectivity index (χ0n) is 12.4. The zero-order valence-corrected chi connectivity index (χ0v) is 13.2. The van der Waals surface area contributed by atoms with Crippen molar-refractivity contribution < 1.29 is 31.5 Å². The number of carboxylic acids is 1. The second-order valence-electron chi connectivity index (χ2n) is 5.33. The molecular weight excluding hydrogens is 339 g/mol. The second kappa shape index (κ2) is 5.78. The summed E-state index contributed by atoms with van der Waals surface area (Å²) in [6, 6.07) is 0. The van der Waals surface area contributed by atoms with E-state index in [1.54, 1.807) is 18.4 Å². The molecule has 1 aromatic rings. The number of aryl methyl sites for hydroxylation is 2. The summed E-state index contributed by atoms with van der Waals surface area (Å²) in [6.07, 6.45) is -3.55. The molecule has 0 radical (unpaired) electrons. The van der Waals surface area contributed by atoms with Gasteiger partial charge in [-0.05, 0) is 13.8 Å². The van der Waals surface area contributed by atoms with Gasteiger partial charge in [0.2, 0.25) is 0 Å². The third kappa shape index (κ3) is 3.20. The van der Waals surface area contributed by atoms with Crippen molar-refractivity contribution in [3.63, 3.8) is 0 Å². The molecule has 1 aliphatic heterocycles. The normalized spacial score (nSPS) is 23.3. The highest BCUT2D eigenvalue weighted by atomic mass is 32.2. The minimum Gasteiger partial charge on any atom is -0.481 e. The molecule has 1 aromatic heterocycles. The summed E-state index contributed by atoms with van der Waals surface area (Å²) in [7, 11) is -4.27. The monoisotopic (exact) mass is 355 g/mol. The molecule has 0 unspecified atom stereocenters. The molecule has 0 aliphatic carbocycles. The van der Waals surface area contributed by atoms with Crippen LogP contribution < -0.4 is 0 Å². The lowest BCUT2D eigenvalue weighted by molar-refractivity contribution is -0.187. The number of rotatable bonds is 4. The van der Waals surface area contributed by atoms with E-state index in [1.807, 2.05) is 0 Å². The summed E-state index contributed by atoms with van der Waals surface area (Å²) in [4.78, 5) is 14.9. The number of aromatic nitrogens is 2. The van der Waals surface area contributed by atoms with Crippen molar-refractivity contribution in [2.75, 3.05) is 13.1 Å². The molecule has 2 atom stereocenters. The minimum absolute atomic E-state index is 0.371. The van der Waals surface area contributed by atoms with Gasteiger partial charge in [-0.15, -0.1) is 0 Å². The van der Waals surface area contributed by atoms with Crippen molar-refractivity contribution in [1.82, 2.24) is 13.9 Å². The number of nitrogens with zero attached hydrogens (tertiary/aromatic N) is 3. The first-order chi connectivity index (χ1) is 10.5. The number of alkyl halides is 3. The van der Waals surface area contributed by atoms with Crippen molar-refractivity contribution >= 4 is 16.0 Å². The van der Waals surface area contributed by atoms with E-state index in [0.29, 0.717) is 16.7 Å². The van der Waals surface area contributed by atoms with Gasteiger partial charge in [-0.3, -0.25) is 4.79 Å². The first kappa shape index (κ1) is 17.7. The SMILES string of the molecule is CCn1cc(S(=O)(=O)N2C[C@@H](C(F)(F)F)[C@H](C(=O)O)C2)nc1C. The lowest BCUT2D eigenvalue weighted by Gasteiger charge is -2.18. The number of halogens is 3. The summed E-state index contributed by atoms with van der Waals surface area (Å²) in [5, 5.41) is 8.57. The van der Waals surface area contributed by atoms with Crippen LogP contribution in [-0.4, -0.2) is 52.6 Å². The Balaban J connectivity index is 2.35. The fourth-order valence-corrected chi connectivity index (χ4v) is 4.09. The number of imidazole rings is 1. The Hall–Kier alpha value is -1.62. The number of aliphatic carboxylic acids is 1. The highest BCUT2D eigenvalue weighted by Crippen LogP contribution is 2.39. The lowest BCUT2D eigenvalue weighted by Crippen LogP contribution is -2.34. The van der Waals surface area contributed by atoms with Gasteiger partial charge in [0.1, 0.15) is 5.82 Å². The predicted molar refractivity (Wildman–Crippen MR) is 72.1 cm³/mol. The fourth-order valence-electron chi connectivity index (χ4n) is 2.60. The van der Waals surface area contributed by atoms with Gasteiger partial charge in [0, 0.05) is 25.8 Å². The molecule has 23 heavy (non-hydrogen) atoms. The molecule has 7 nitrogen and oxygen atoms in total. The maximum atomic E-state index is 13.0. The van der Waals surface area contributed by atoms with Crippen LogP contribution in [0.25, 0.3) is 0 Å². The van der Waals surface area contributed by atoms with Gasteiger partial charge in [0.25, 0.3) is 10.0 Å². The van der Waals surface area contributed by atoms with Gasteiger partial charge in [-0.1, -0.05) is 0 Å². The van der Waals surface area contributed by atoms with Gasteiger partial charge in [-0.25, -0.2) is 13.4 Å². The molecule has 0 bridgehead atoms. The number of carbonyl (C=O) groups is 1.